The Morgan fingerprint density at radius 1 is 1.56 bits per heavy atom. The molecular formula is C12H20N4O2. The first-order valence-corrected chi connectivity index (χ1v) is 6.59. The van der Waals surface area contributed by atoms with Crippen LogP contribution < -0.4 is 5.32 Å². The molecule has 6 nitrogen and oxygen atoms in total. The van der Waals surface area contributed by atoms with Crippen LogP contribution >= 0.6 is 0 Å². The van der Waals surface area contributed by atoms with Gasteiger partial charge in [0.05, 0.1) is 4.92 Å². The van der Waals surface area contributed by atoms with Gasteiger partial charge in [-0.2, -0.15) is 5.10 Å². The van der Waals surface area contributed by atoms with Crippen molar-refractivity contribution in [1.29, 1.82) is 0 Å². The Bertz CT molecular complexity index is 438. The van der Waals surface area contributed by atoms with Gasteiger partial charge in [0.1, 0.15) is 5.69 Å². The van der Waals surface area contributed by atoms with Gasteiger partial charge in [-0.1, -0.05) is 19.3 Å². The number of anilines is 1. The zero-order chi connectivity index (χ0) is 13.1. The molecule has 1 aliphatic rings. The zero-order valence-corrected chi connectivity index (χ0v) is 11.0. The van der Waals surface area contributed by atoms with E-state index >= 15 is 0 Å². The van der Waals surface area contributed by atoms with Crippen molar-refractivity contribution in [2.24, 2.45) is 5.92 Å². The van der Waals surface area contributed by atoms with Gasteiger partial charge in [-0.15, -0.1) is 0 Å². The van der Waals surface area contributed by atoms with Gasteiger partial charge in [0.25, 0.3) is 0 Å². The van der Waals surface area contributed by atoms with Crippen LogP contribution in [0.3, 0.4) is 0 Å². The molecule has 0 aliphatic heterocycles. The van der Waals surface area contributed by atoms with Crippen molar-refractivity contribution in [2.45, 2.75) is 46.1 Å². The number of hydrogen-bond donors (Lipinski definition) is 1. The van der Waals surface area contributed by atoms with Crippen molar-refractivity contribution < 1.29 is 4.92 Å². The Morgan fingerprint density at radius 2 is 2.28 bits per heavy atom. The van der Waals surface area contributed by atoms with Crippen molar-refractivity contribution in [2.75, 3.05) is 11.9 Å². The molecule has 0 amide bonds. The Hall–Kier alpha value is -1.59. The maximum atomic E-state index is 11.0. The summed E-state index contributed by atoms with van der Waals surface area (Å²) in [5.41, 5.74) is 0.596. The lowest BCUT2D eigenvalue weighted by Crippen LogP contribution is -2.17. The summed E-state index contributed by atoms with van der Waals surface area (Å²) in [7, 11) is 0. The smallest absolute Gasteiger partial charge is 0.333 e. The average Bonchev–Trinajstić information content (AvgIpc) is 2.58. The van der Waals surface area contributed by atoms with E-state index in [2.05, 4.69) is 10.4 Å². The van der Waals surface area contributed by atoms with Crippen LogP contribution in [0.25, 0.3) is 0 Å². The highest BCUT2D eigenvalue weighted by atomic mass is 16.6. The number of aryl methyl sites for hydroxylation is 2. The lowest BCUT2D eigenvalue weighted by molar-refractivity contribution is -0.384. The standard InChI is InChI=1S/C12H20N4O2/c1-3-15-12(11(16(17)18)9(2)14-15)13-8-7-10-5-4-6-10/h10,13H,3-8H2,1-2H3. The number of hydrogen-bond acceptors (Lipinski definition) is 4. The molecule has 1 heterocycles. The highest BCUT2D eigenvalue weighted by molar-refractivity contribution is 5.59. The third-order valence-corrected chi connectivity index (χ3v) is 3.65. The van der Waals surface area contributed by atoms with E-state index in [1.807, 2.05) is 6.92 Å². The van der Waals surface area contributed by atoms with Gasteiger partial charge in [0.2, 0.25) is 5.82 Å². The first kappa shape index (κ1) is 12.9. The summed E-state index contributed by atoms with van der Waals surface area (Å²) >= 11 is 0. The Kier molecular flexibility index (Phi) is 3.84. The summed E-state index contributed by atoms with van der Waals surface area (Å²) in [6.45, 7) is 5.05. The molecule has 0 spiro atoms. The van der Waals surface area contributed by atoms with Crippen molar-refractivity contribution >= 4 is 11.5 Å². The minimum atomic E-state index is -0.347. The van der Waals surface area contributed by atoms with Crippen LogP contribution in [0.5, 0.6) is 0 Å². The van der Waals surface area contributed by atoms with Gasteiger partial charge in [0.15, 0.2) is 0 Å². The second-order valence-electron chi connectivity index (χ2n) is 4.87. The minimum Gasteiger partial charge on any atom is -0.365 e. The van der Waals surface area contributed by atoms with Crippen LogP contribution in [0, 0.1) is 23.0 Å². The summed E-state index contributed by atoms with van der Waals surface area (Å²) in [5, 5.41) is 18.4. The van der Waals surface area contributed by atoms with Crippen LogP contribution in [0.1, 0.15) is 38.3 Å². The molecule has 100 valence electrons. The second kappa shape index (κ2) is 5.37. The van der Waals surface area contributed by atoms with Crippen LogP contribution in [-0.2, 0) is 6.54 Å². The van der Waals surface area contributed by atoms with E-state index in [1.54, 1.807) is 11.6 Å². The third kappa shape index (κ3) is 2.47. The van der Waals surface area contributed by atoms with Gasteiger partial charge < -0.3 is 5.32 Å². The van der Waals surface area contributed by atoms with E-state index in [9.17, 15) is 10.1 Å². The molecule has 0 atom stereocenters. The molecule has 2 rings (SSSR count). The van der Waals surface area contributed by atoms with E-state index in [0.29, 0.717) is 18.1 Å². The summed E-state index contributed by atoms with van der Waals surface area (Å²) in [6, 6.07) is 0. The van der Waals surface area contributed by atoms with E-state index in [1.165, 1.54) is 19.3 Å². The molecule has 0 aromatic carbocycles. The Labute approximate surface area is 107 Å². The molecule has 0 bridgehead atoms. The van der Waals surface area contributed by atoms with E-state index in [0.717, 1.165) is 18.9 Å². The molecular weight excluding hydrogens is 232 g/mol. The molecule has 1 saturated carbocycles. The molecule has 0 saturated heterocycles. The quantitative estimate of drug-likeness (QED) is 0.624. The van der Waals surface area contributed by atoms with Crippen LogP contribution in [0.15, 0.2) is 0 Å². The Balaban J connectivity index is 2.06. The van der Waals surface area contributed by atoms with Crippen molar-refractivity contribution in [3.8, 4) is 0 Å². The number of rotatable bonds is 6. The fraction of sp³-hybridized carbons (Fsp3) is 0.750. The van der Waals surface area contributed by atoms with E-state index in [-0.39, 0.29) is 10.6 Å². The number of nitro groups is 1. The molecule has 0 radical (unpaired) electrons. The van der Waals surface area contributed by atoms with E-state index < -0.39 is 0 Å². The van der Waals surface area contributed by atoms with Gasteiger partial charge in [-0.25, -0.2) is 4.68 Å². The van der Waals surface area contributed by atoms with Gasteiger partial charge in [-0.3, -0.25) is 10.1 Å². The minimum absolute atomic E-state index is 0.116. The van der Waals surface area contributed by atoms with Crippen LogP contribution in [0.2, 0.25) is 0 Å². The Morgan fingerprint density at radius 3 is 2.78 bits per heavy atom. The van der Waals surface area contributed by atoms with Crippen LogP contribution in [-0.4, -0.2) is 21.2 Å². The molecule has 1 fully saturated rings. The average molecular weight is 252 g/mol. The highest BCUT2D eigenvalue weighted by Gasteiger charge is 2.25. The molecule has 1 aromatic rings. The largest absolute Gasteiger partial charge is 0.365 e. The fourth-order valence-electron chi connectivity index (χ4n) is 2.37. The predicted molar refractivity (Wildman–Crippen MR) is 69.7 cm³/mol. The summed E-state index contributed by atoms with van der Waals surface area (Å²) in [6.07, 6.45) is 5.02. The highest BCUT2D eigenvalue weighted by Crippen LogP contribution is 2.31. The van der Waals surface area contributed by atoms with Crippen molar-refractivity contribution in [1.82, 2.24) is 9.78 Å². The number of nitrogens with zero attached hydrogens (tertiary/aromatic N) is 3. The fourth-order valence-corrected chi connectivity index (χ4v) is 2.37. The molecule has 18 heavy (non-hydrogen) atoms. The van der Waals surface area contributed by atoms with Crippen molar-refractivity contribution in [3.05, 3.63) is 15.8 Å². The summed E-state index contributed by atoms with van der Waals surface area (Å²) in [5.74, 6) is 1.36. The first-order chi connectivity index (χ1) is 8.63. The SMILES string of the molecule is CCn1nc(C)c([N+](=O)[O-])c1NCCC1CCC1. The molecule has 1 aliphatic carbocycles. The van der Waals surface area contributed by atoms with E-state index in [4.69, 9.17) is 0 Å². The monoisotopic (exact) mass is 252 g/mol. The molecule has 1 aromatic heterocycles. The van der Waals surface area contributed by atoms with Crippen LogP contribution in [0.4, 0.5) is 11.5 Å². The maximum Gasteiger partial charge on any atom is 0.333 e. The van der Waals surface area contributed by atoms with Crippen molar-refractivity contribution in [3.63, 3.8) is 0 Å². The molecule has 6 heteroatoms. The number of nitrogens with one attached hydrogen (secondary N) is 1. The first-order valence-electron chi connectivity index (χ1n) is 6.59. The summed E-state index contributed by atoms with van der Waals surface area (Å²) in [4.78, 5) is 10.7. The predicted octanol–water partition coefficient (Wildman–Crippen LogP) is 2.72. The number of aromatic nitrogens is 2. The van der Waals surface area contributed by atoms with Gasteiger partial charge in [0, 0.05) is 13.1 Å². The topological polar surface area (TPSA) is 73.0 Å². The normalized spacial score (nSPS) is 15.4. The lowest BCUT2D eigenvalue weighted by atomic mass is 9.83. The zero-order valence-electron chi connectivity index (χ0n) is 11.0. The lowest BCUT2D eigenvalue weighted by Gasteiger charge is -2.25. The van der Waals surface area contributed by atoms with Gasteiger partial charge in [-0.05, 0) is 26.2 Å². The summed E-state index contributed by atoms with van der Waals surface area (Å²) < 4.78 is 1.67. The van der Waals surface area contributed by atoms with Gasteiger partial charge >= 0.3 is 5.69 Å². The third-order valence-electron chi connectivity index (χ3n) is 3.65. The second-order valence-corrected chi connectivity index (χ2v) is 4.87. The molecule has 1 N–H and O–H groups in total. The maximum absolute atomic E-state index is 11.0. The molecule has 0 unspecified atom stereocenters.